The fraction of sp³-hybridized carbons (Fsp3) is 0.615. The number of nitrogens with zero attached hydrogens (tertiary/aromatic N) is 2. The van der Waals surface area contributed by atoms with Crippen LogP contribution in [0.1, 0.15) is 13.8 Å². The lowest BCUT2D eigenvalue weighted by atomic mass is 10.0. The third-order valence-electron chi connectivity index (χ3n) is 2.66. The molecule has 4 heteroatoms. The number of rotatable bonds is 6. The van der Waals surface area contributed by atoms with Crippen LogP contribution in [0, 0.1) is 5.92 Å². The first-order chi connectivity index (χ1) is 8.02. The van der Waals surface area contributed by atoms with E-state index in [-0.39, 0.29) is 0 Å². The first-order valence-corrected chi connectivity index (χ1v) is 5.94. The molecule has 0 saturated heterocycles. The minimum Gasteiger partial charge on any atom is -0.481 e. The average Bonchev–Trinajstić information content (AvgIpc) is 2.27. The van der Waals surface area contributed by atoms with Crippen LogP contribution in [0.25, 0.3) is 0 Å². The Morgan fingerprint density at radius 2 is 2.12 bits per heavy atom. The summed E-state index contributed by atoms with van der Waals surface area (Å²) in [6.45, 7) is 5.45. The predicted octanol–water partition coefficient (Wildman–Crippen LogP) is 2.09. The summed E-state index contributed by atoms with van der Waals surface area (Å²) in [7, 11) is 5.81. The lowest BCUT2D eigenvalue weighted by molar-refractivity contribution is 0.344. The van der Waals surface area contributed by atoms with Crippen molar-refractivity contribution in [3.63, 3.8) is 0 Å². The first kappa shape index (κ1) is 13.8. The smallest absolute Gasteiger partial charge is 0.214 e. The van der Waals surface area contributed by atoms with Crippen LogP contribution in [-0.4, -0.2) is 43.7 Å². The summed E-state index contributed by atoms with van der Waals surface area (Å²) in [5, 5.41) is 3.52. The molecule has 17 heavy (non-hydrogen) atoms. The Bertz CT molecular complexity index is 339. The third kappa shape index (κ3) is 4.61. The van der Waals surface area contributed by atoms with Crippen LogP contribution in [0.5, 0.6) is 5.88 Å². The SMILES string of the molecule is COc1cc(NC(CN(C)C)C(C)C)ccn1. The van der Waals surface area contributed by atoms with Crippen LogP contribution in [0.4, 0.5) is 5.69 Å². The summed E-state index contributed by atoms with van der Waals surface area (Å²) in [4.78, 5) is 6.29. The number of pyridine rings is 1. The maximum atomic E-state index is 5.12. The van der Waals surface area contributed by atoms with Gasteiger partial charge in [0.15, 0.2) is 0 Å². The van der Waals surface area contributed by atoms with Gasteiger partial charge in [-0.1, -0.05) is 13.8 Å². The largest absolute Gasteiger partial charge is 0.481 e. The van der Waals surface area contributed by atoms with Crippen molar-refractivity contribution in [2.75, 3.05) is 33.1 Å². The van der Waals surface area contributed by atoms with Gasteiger partial charge in [0, 0.05) is 30.5 Å². The van der Waals surface area contributed by atoms with E-state index in [0.717, 1.165) is 12.2 Å². The second-order valence-corrected chi connectivity index (χ2v) is 4.84. The summed E-state index contributed by atoms with van der Waals surface area (Å²) in [5.41, 5.74) is 1.05. The number of anilines is 1. The van der Waals surface area contributed by atoms with Gasteiger partial charge in [-0.3, -0.25) is 0 Å². The monoisotopic (exact) mass is 237 g/mol. The van der Waals surface area contributed by atoms with Crippen LogP contribution < -0.4 is 10.1 Å². The minimum atomic E-state index is 0.414. The molecule has 1 aromatic heterocycles. The zero-order chi connectivity index (χ0) is 12.8. The molecular weight excluding hydrogens is 214 g/mol. The topological polar surface area (TPSA) is 37.4 Å². The normalized spacial score (nSPS) is 12.9. The average molecular weight is 237 g/mol. The van der Waals surface area contributed by atoms with Gasteiger partial charge in [-0.15, -0.1) is 0 Å². The van der Waals surface area contributed by atoms with Crippen LogP contribution in [0.15, 0.2) is 18.3 Å². The predicted molar refractivity (Wildman–Crippen MR) is 71.6 cm³/mol. The van der Waals surface area contributed by atoms with E-state index < -0.39 is 0 Å². The highest BCUT2D eigenvalue weighted by molar-refractivity contribution is 5.46. The summed E-state index contributed by atoms with van der Waals surface area (Å²) in [5.74, 6) is 1.21. The van der Waals surface area contributed by atoms with Crippen LogP contribution >= 0.6 is 0 Å². The Labute approximate surface area is 104 Å². The Kier molecular flexibility index (Phi) is 5.22. The maximum Gasteiger partial charge on any atom is 0.214 e. The molecule has 0 aliphatic carbocycles. The van der Waals surface area contributed by atoms with Crippen LogP contribution in [0.2, 0.25) is 0 Å². The standard InChI is InChI=1S/C13H23N3O/c1-10(2)12(9-16(3)4)15-11-6-7-14-13(8-11)17-5/h6-8,10,12H,9H2,1-5H3,(H,14,15). The molecule has 1 heterocycles. The molecule has 1 aromatic rings. The Balaban J connectivity index is 2.71. The van der Waals surface area contributed by atoms with Gasteiger partial charge < -0.3 is 15.0 Å². The van der Waals surface area contributed by atoms with Gasteiger partial charge in [-0.05, 0) is 26.1 Å². The molecule has 0 fully saturated rings. The van der Waals surface area contributed by atoms with Crippen LogP contribution in [-0.2, 0) is 0 Å². The Morgan fingerprint density at radius 1 is 1.41 bits per heavy atom. The quantitative estimate of drug-likeness (QED) is 0.822. The number of methoxy groups -OCH3 is 1. The zero-order valence-electron chi connectivity index (χ0n) is 11.4. The molecule has 0 spiro atoms. The molecule has 0 radical (unpaired) electrons. The summed E-state index contributed by atoms with van der Waals surface area (Å²) >= 11 is 0. The molecule has 0 bridgehead atoms. The van der Waals surface area contributed by atoms with Gasteiger partial charge in [0.1, 0.15) is 0 Å². The summed E-state index contributed by atoms with van der Waals surface area (Å²) < 4.78 is 5.12. The van der Waals surface area contributed by atoms with Gasteiger partial charge >= 0.3 is 0 Å². The van der Waals surface area contributed by atoms with Gasteiger partial charge in [0.25, 0.3) is 0 Å². The van der Waals surface area contributed by atoms with Crippen molar-refractivity contribution >= 4 is 5.69 Å². The molecule has 1 rings (SSSR count). The highest BCUT2D eigenvalue weighted by Crippen LogP contribution is 2.17. The molecule has 96 valence electrons. The fourth-order valence-corrected chi connectivity index (χ4v) is 1.64. The number of aromatic nitrogens is 1. The molecule has 0 amide bonds. The molecule has 0 aliphatic rings. The van der Waals surface area contributed by atoms with Crippen molar-refractivity contribution in [1.82, 2.24) is 9.88 Å². The fourth-order valence-electron chi connectivity index (χ4n) is 1.64. The van der Waals surface area contributed by atoms with Gasteiger partial charge in [-0.2, -0.15) is 0 Å². The molecule has 0 aromatic carbocycles. The summed E-state index contributed by atoms with van der Waals surface area (Å²) in [6, 6.07) is 4.30. The zero-order valence-corrected chi connectivity index (χ0v) is 11.4. The van der Waals surface area contributed by atoms with E-state index in [9.17, 15) is 0 Å². The van der Waals surface area contributed by atoms with E-state index in [4.69, 9.17) is 4.74 Å². The number of nitrogens with one attached hydrogen (secondary N) is 1. The number of likely N-dealkylation sites (N-methyl/N-ethyl adjacent to an activating group) is 1. The van der Waals surface area contributed by atoms with Crippen molar-refractivity contribution in [1.29, 1.82) is 0 Å². The second kappa shape index (κ2) is 6.45. The van der Waals surface area contributed by atoms with E-state index in [0.29, 0.717) is 17.8 Å². The van der Waals surface area contributed by atoms with E-state index in [2.05, 4.69) is 43.1 Å². The van der Waals surface area contributed by atoms with Crippen molar-refractivity contribution < 1.29 is 4.74 Å². The number of hydrogen-bond acceptors (Lipinski definition) is 4. The van der Waals surface area contributed by atoms with Crippen molar-refractivity contribution in [2.45, 2.75) is 19.9 Å². The highest BCUT2D eigenvalue weighted by Gasteiger charge is 2.14. The molecule has 4 nitrogen and oxygen atoms in total. The molecule has 0 aliphatic heterocycles. The lowest BCUT2D eigenvalue weighted by Crippen LogP contribution is -2.36. The molecule has 1 atom stereocenters. The first-order valence-electron chi connectivity index (χ1n) is 5.94. The highest BCUT2D eigenvalue weighted by atomic mass is 16.5. The van der Waals surface area contributed by atoms with Crippen LogP contribution in [0.3, 0.4) is 0 Å². The van der Waals surface area contributed by atoms with Gasteiger partial charge in [-0.25, -0.2) is 4.98 Å². The van der Waals surface area contributed by atoms with E-state index >= 15 is 0 Å². The molecule has 1 unspecified atom stereocenters. The second-order valence-electron chi connectivity index (χ2n) is 4.84. The lowest BCUT2D eigenvalue weighted by Gasteiger charge is -2.26. The number of ether oxygens (including phenoxy) is 1. The van der Waals surface area contributed by atoms with Gasteiger partial charge in [0.2, 0.25) is 5.88 Å². The van der Waals surface area contributed by atoms with Gasteiger partial charge in [0.05, 0.1) is 7.11 Å². The molecule has 1 N–H and O–H groups in total. The van der Waals surface area contributed by atoms with Crippen molar-refractivity contribution in [3.05, 3.63) is 18.3 Å². The Hall–Kier alpha value is -1.29. The van der Waals surface area contributed by atoms with Crippen molar-refractivity contribution in [2.24, 2.45) is 5.92 Å². The van der Waals surface area contributed by atoms with E-state index in [1.807, 2.05) is 12.1 Å². The molecular formula is C13H23N3O. The maximum absolute atomic E-state index is 5.12. The van der Waals surface area contributed by atoms with E-state index in [1.165, 1.54) is 0 Å². The van der Waals surface area contributed by atoms with Crippen molar-refractivity contribution in [3.8, 4) is 5.88 Å². The third-order valence-corrected chi connectivity index (χ3v) is 2.66. The minimum absolute atomic E-state index is 0.414. The van der Waals surface area contributed by atoms with E-state index in [1.54, 1.807) is 13.3 Å². The molecule has 0 saturated carbocycles. The Morgan fingerprint density at radius 3 is 2.65 bits per heavy atom. The summed E-state index contributed by atoms with van der Waals surface area (Å²) in [6.07, 6.45) is 1.76. The number of hydrogen-bond donors (Lipinski definition) is 1.